The second kappa shape index (κ2) is 5.98. The third kappa shape index (κ3) is 3.70. The Morgan fingerprint density at radius 3 is 2.43 bits per heavy atom. The molecule has 21 heavy (non-hydrogen) atoms. The molecule has 0 aromatic heterocycles. The Labute approximate surface area is 122 Å². The Kier molecular flexibility index (Phi) is 4.47. The van der Waals surface area contributed by atoms with Gasteiger partial charge in [0.05, 0.1) is 4.90 Å². The highest BCUT2D eigenvalue weighted by Gasteiger charge is 2.23. The van der Waals surface area contributed by atoms with E-state index >= 15 is 0 Å². The number of aromatic hydroxyl groups is 1. The SMILES string of the molecule is CN1CCN(NS(=O)(=O)c2ccc(O)c(C(=O)O)c2)CC1. The zero-order valence-corrected chi connectivity index (χ0v) is 12.3. The van der Waals surface area contributed by atoms with Gasteiger partial charge in [-0.25, -0.2) is 18.2 Å². The van der Waals surface area contributed by atoms with Gasteiger partial charge in [0.15, 0.2) is 0 Å². The van der Waals surface area contributed by atoms with Crippen LogP contribution < -0.4 is 4.83 Å². The molecule has 1 heterocycles. The number of benzene rings is 1. The lowest BCUT2D eigenvalue weighted by Crippen LogP contribution is -2.52. The number of hydrazine groups is 1. The number of piperazine rings is 1. The first kappa shape index (κ1) is 15.7. The fourth-order valence-electron chi connectivity index (χ4n) is 1.97. The van der Waals surface area contributed by atoms with E-state index in [0.29, 0.717) is 13.1 Å². The maximum absolute atomic E-state index is 12.2. The number of sulfonamides is 1. The molecule has 0 unspecified atom stereocenters. The summed E-state index contributed by atoms with van der Waals surface area (Å²) < 4.78 is 24.5. The first-order valence-electron chi connectivity index (χ1n) is 6.32. The van der Waals surface area contributed by atoms with E-state index in [1.807, 2.05) is 7.05 Å². The maximum Gasteiger partial charge on any atom is 0.339 e. The standard InChI is InChI=1S/C12H17N3O5S/c1-14-4-6-15(7-5-14)13-21(19,20)9-2-3-11(16)10(8-9)12(17)18/h2-3,8,13,16H,4-7H2,1H3,(H,17,18). The second-order valence-electron chi connectivity index (χ2n) is 4.87. The molecule has 1 aliphatic rings. The van der Waals surface area contributed by atoms with Crippen molar-refractivity contribution >= 4 is 16.0 Å². The Hall–Kier alpha value is -1.68. The minimum absolute atomic E-state index is 0.198. The molecule has 8 nitrogen and oxygen atoms in total. The van der Waals surface area contributed by atoms with E-state index in [1.54, 1.807) is 5.01 Å². The van der Waals surface area contributed by atoms with Gasteiger partial charge in [-0.05, 0) is 25.2 Å². The quantitative estimate of drug-likeness (QED) is 0.689. The molecule has 9 heteroatoms. The number of likely N-dealkylation sites (N-methyl/N-ethyl adjacent to an activating group) is 1. The highest BCUT2D eigenvalue weighted by atomic mass is 32.2. The molecule has 116 valence electrons. The Balaban J connectivity index is 2.20. The number of aromatic carboxylic acids is 1. The van der Waals surface area contributed by atoms with Crippen molar-refractivity contribution in [2.45, 2.75) is 4.90 Å². The van der Waals surface area contributed by atoms with E-state index in [9.17, 15) is 18.3 Å². The van der Waals surface area contributed by atoms with E-state index in [1.165, 1.54) is 6.07 Å². The minimum atomic E-state index is -3.87. The van der Waals surface area contributed by atoms with Crippen LogP contribution in [0.5, 0.6) is 5.75 Å². The minimum Gasteiger partial charge on any atom is -0.507 e. The molecule has 0 saturated carbocycles. The van der Waals surface area contributed by atoms with Crippen LogP contribution in [0.4, 0.5) is 0 Å². The van der Waals surface area contributed by atoms with Crippen LogP contribution >= 0.6 is 0 Å². The van der Waals surface area contributed by atoms with E-state index in [4.69, 9.17) is 5.11 Å². The molecule has 0 atom stereocenters. The number of carboxylic acid groups (broad SMARTS) is 1. The first-order valence-corrected chi connectivity index (χ1v) is 7.80. The molecule has 1 fully saturated rings. The van der Waals surface area contributed by atoms with Crippen molar-refractivity contribution in [3.63, 3.8) is 0 Å². The largest absolute Gasteiger partial charge is 0.507 e. The topological polar surface area (TPSA) is 110 Å². The fraction of sp³-hybridized carbons (Fsp3) is 0.417. The molecular formula is C12H17N3O5S. The van der Waals surface area contributed by atoms with Gasteiger partial charge in [0, 0.05) is 26.2 Å². The summed E-state index contributed by atoms with van der Waals surface area (Å²) in [6, 6.07) is 3.16. The van der Waals surface area contributed by atoms with Crippen molar-refractivity contribution in [3.8, 4) is 5.75 Å². The summed E-state index contributed by atoms with van der Waals surface area (Å²) in [5.74, 6) is -1.86. The monoisotopic (exact) mass is 315 g/mol. The smallest absolute Gasteiger partial charge is 0.339 e. The average Bonchev–Trinajstić information content (AvgIpc) is 2.41. The van der Waals surface area contributed by atoms with E-state index < -0.39 is 27.3 Å². The molecule has 2 rings (SSSR count). The molecule has 3 N–H and O–H groups in total. The van der Waals surface area contributed by atoms with Crippen molar-refractivity contribution in [1.29, 1.82) is 0 Å². The molecule has 1 aromatic rings. The van der Waals surface area contributed by atoms with Gasteiger partial charge in [-0.1, -0.05) is 0 Å². The summed E-state index contributed by atoms with van der Waals surface area (Å²) in [5, 5.41) is 19.9. The number of carbonyl (C=O) groups is 1. The lowest BCUT2D eigenvalue weighted by molar-refractivity contribution is 0.0693. The van der Waals surface area contributed by atoms with E-state index in [2.05, 4.69) is 9.73 Å². The van der Waals surface area contributed by atoms with Crippen molar-refractivity contribution in [1.82, 2.24) is 14.7 Å². The van der Waals surface area contributed by atoms with Gasteiger partial charge >= 0.3 is 5.97 Å². The van der Waals surface area contributed by atoms with E-state index in [-0.39, 0.29) is 4.90 Å². The molecule has 0 amide bonds. The van der Waals surface area contributed by atoms with Gasteiger partial charge in [0.2, 0.25) is 0 Å². The van der Waals surface area contributed by atoms with Gasteiger partial charge in [-0.2, -0.15) is 0 Å². The van der Waals surface area contributed by atoms with Crippen LogP contribution in [0.2, 0.25) is 0 Å². The number of hydrogen-bond donors (Lipinski definition) is 3. The van der Waals surface area contributed by atoms with Crippen LogP contribution in [-0.2, 0) is 10.0 Å². The zero-order valence-electron chi connectivity index (χ0n) is 11.5. The summed E-state index contributed by atoms with van der Waals surface area (Å²) in [6.45, 7) is 2.55. The lowest BCUT2D eigenvalue weighted by Gasteiger charge is -2.32. The number of hydrogen-bond acceptors (Lipinski definition) is 6. The van der Waals surface area contributed by atoms with Crippen LogP contribution in [0.15, 0.2) is 23.1 Å². The number of rotatable bonds is 4. The van der Waals surface area contributed by atoms with Gasteiger partial charge in [0.1, 0.15) is 11.3 Å². The molecule has 0 radical (unpaired) electrons. The van der Waals surface area contributed by atoms with Gasteiger partial charge in [-0.15, -0.1) is 4.83 Å². The number of nitrogens with zero attached hydrogens (tertiary/aromatic N) is 2. The summed E-state index contributed by atoms with van der Waals surface area (Å²) in [4.78, 5) is 15.2. The summed E-state index contributed by atoms with van der Waals surface area (Å²) in [6.07, 6.45) is 0. The first-order chi connectivity index (χ1) is 9.79. The third-order valence-corrected chi connectivity index (χ3v) is 4.63. The predicted molar refractivity (Wildman–Crippen MR) is 74.5 cm³/mol. The van der Waals surface area contributed by atoms with Crippen molar-refractivity contribution < 1.29 is 23.4 Å². The van der Waals surface area contributed by atoms with Crippen molar-refractivity contribution in [3.05, 3.63) is 23.8 Å². The van der Waals surface area contributed by atoms with Crippen LogP contribution in [0.1, 0.15) is 10.4 Å². The van der Waals surface area contributed by atoms with Crippen LogP contribution in [0, 0.1) is 0 Å². The van der Waals surface area contributed by atoms with Gasteiger partial charge < -0.3 is 15.1 Å². The third-order valence-electron chi connectivity index (χ3n) is 3.26. The summed E-state index contributed by atoms with van der Waals surface area (Å²) in [7, 11) is -1.92. The Morgan fingerprint density at radius 1 is 1.24 bits per heavy atom. The summed E-state index contributed by atoms with van der Waals surface area (Å²) in [5.41, 5.74) is -0.448. The molecule has 1 saturated heterocycles. The highest BCUT2D eigenvalue weighted by Crippen LogP contribution is 2.21. The molecule has 1 aromatic carbocycles. The van der Waals surface area contributed by atoms with Crippen LogP contribution in [-0.4, -0.2) is 67.7 Å². The van der Waals surface area contributed by atoms with Gasteiger partial charge in [0.25, 0.3) is 10.0 Å². The molecule has 0 spiro atoms. The predicted octanol–water partition coefficient (Wildman–Crippen LogP) is -0.469. The number of carboxylic acids is 1. The molecular weight excluding hydrogens is 298 g/mol. The van der Waals surface area contributed by atoms with E-state index in [0.717, 1.165) is 25.2 Å². The fourth-order valence-corrected chi connectivity index (χ4v) is 3.12. The van der Waals surface area contributed by atoms with Crippen LogP contribution in [0.3, 0.4) is 0 Å². The Morgan fingerprint density at radius 2 is 1.86 bits per heavy atom. The zero-order chi connectivity index (χ0) is 15.6. The maximum atomic E-state index is 12.2. The number of nitrogens with one attached hydrogen (secondary N) is 1. The number of phenols is 1. The van der Waals surface area contributed by atoms with Crippen LogP contribution in [0.25, 0.3) is 0 Å². The average molecular weight is 315 g/mol. The second-order valence-corrected chi connectivity index (χ2v) is 6.53. The van der Waals surface area contributed by atoms with Crippen molar-refractivity contribution in [2.75, 3.05) is 33.2 Å². The Bertz CT molecular complexity index is 638. The summed E-state index contributed by atoms with van der Waals surface area (Å²) >= 11 is 0. The van der Waals surface area contributed by atoms with Crippen molar-refractivity contribution in [2.24, 2.45) is 0 Å². The lowest BCUT2D eigenvalue weighted by atomic mass is 10.2. The molecule has 0 bridgehead atoms. The molecule has 0 aliphatic carbocycles. The normalized spacial score (nSPS) is 17.8. The molecule has 1 aliphatic heterocycles. The highest BCUT2D eigenvalue weighted by molar-refractivity contribution is 7.89. The van der Waals surface area contributed by atoms with Gasteiger partial charge in [-0.3, -0.25) is 0 Å².